The van der Waals surface area contributed by atoms with Crippen LogP contribution in [-0.4, -0.2) is 30.7 Å². The number of thioether (sulfide) groups is 1. The zero-order valence-electron chi connectivity index (χ0n) is 6.46. The molecule has 0 N–H and O–H groups in total. The molecule has 80 valence electrons. The van der Waals surface area contributed by atoms with E-state index in [2.05, 4.69) is 9.47 Å². The van der Waals surface area contributed by atoms with Crippen molar-refractivity contribution in [2.75, 3.05) is 18.8 Å². The van der Waals surface area contributed by atoms with Crippen LogP contribution in [0.3, 0.4) is 0 Å². The van der Waals surface area contributed by atoms with E-state index in [1.807, 2.05) is 0 Å². The van der Waals surface area contributed by atoms with Crippen LogP contribution in [0.15, 0.2) is 0 Å². The summed E-state index contributed by atoms with van der Waals surface area (Å²) in [5.74, 6) is -0.554. The number of hydrogen-bond donors (Lipinski definition) is 0. The number of carbonyl (C=O) groups is 2. The molecule has 5 heteroatoms. The van der Waals surface area contributed by atoms with Crippen molar-refractivity contribution in [3.8, 4) is 0 Å². The molecule has 0 aromatic carbocycles. The van der Waals surface area contributed by atoms with Crippen LogP contribution in [0.1, 0.15) is 21.8 Å². The maximum absolute atomic E-state index is 10.6. The Labute approximate surface area is 84.0 Å². The van der Waals surface area contributed by atoms with Gasteiger partial charge >= 0.3 is 11.9 Å². The molecule has 0 saturated carbocycles. The number of rotatable bonds is 4. The summed E-state index contributed by atoms with van der Waals surface area (Å²) in [7, 11) is 0. The third-order valence-electron chi connectivity index (χ3n) is 0.744. The molecule has 0 aliphatic carbocycles. The quantitative estimate of drug-likeness (QED) is 0.522. The molecule has 0 spiro atoms. The third-order valence-corrected chi connectivity index (χ3v) is 1.27. The molecule has 0 rings (SSSR count). The van der Waals surface area contributed by atoms with E-state index >= 15 is 0 Å². The van der Waals surface area contributed by atoms with Gasteiger partial charge in [-0.15, -0.1) is 0 Å². The molecular weight excluding hydrogens is 192 g/mol. The maximum Gasteiger partial charge on any atom is 0.318 e. The van der Waals surface area contributed by atoms with E-state index in [0.717, 1.165) is 0 Å². The van der Waals surface area contributed by atoms with Crippen LogP contribution in [-0.2, 0) is 19.1 Å². The summed E-state index contributed by atoms with van der Waals surface area (Å²) in [6.07, 6.45) is 1.78. The molecule has 0 radical (unpaired) electrons. The van der Waals surface area contributed by atoms with Crippen molar-refractivity contribution in [1.82, 2.24) is 0 Å². The Morgan fingerprint density at radius 1 is 1.23 bits per heavy atom. The summed E-state index contributed by atoms with van der Waals surface area (Å²) < 4.78 is 8.86. The molecule has 0 bridgehead atoms. The van der Waals surface area contributed by atoms with Gasteiger partial charge in [0.2, 0.25) is 6.79 Å². The van der Waals surface area contributed by atoms with Crippen LogP contribution in [0, 0.1) is 0 Å². The molecule has 0 amide bonds. The number of ether oxygens (including phenoxy) is 2. The molecule has 13 heavy (non-hydrogen) atoms. The van der Waals surface area contributed by atoms with E-state index in [0.29, 0.717) is 0 Å². The highest BCUT2D eigenvalue weighted by Crippen LogP contribution is 1.92. The molecular formula is C8H18O4S. The van der Waals surface area contributed by atoms with Gasteiger partial charge in [0.1, 0.15) is 0 Å². The monoisotopic (exact) mass is 210 g/mol. The van der Waals surface area contributed by atoms with Crippen LogP contribution in [0.5, 0.6) is 0 Å². The van der Waals surface area contributed by atoms with Crippen LogP contribution < -0.4 is 0 Å². The Morgan fingerprint density at radius 3 is 2.15 bits per heavy atom. The van der Waals surface area contributed by atoms with Gasteiger partial charge < -0.3 is 9.47 Å². The largest absolute Gasteiger partial charge is 0.428 e. The predicted octanol–water partition coefficient (Wildman–Crippen LogP) is 1.69. The second kappa shape index (κ2) is 11.3. The lowest BCUT2D eigenvalue weighted by Gasteiger charge is -2.02. The molecule has 0 unspecified atom stereocenters. The highest BCUT2D eigenvalue weighted by Gasteiger charge is 2.00. The average molecular weight is 210 g/mol. The first-order valence-corrected chi connectivity index (χ1v) is 4.34. The minimum atomic E-state index is -0.457. The highest BCUT2D eigenvalue weighted by atomic mass is 32.2. The van der Waals surface area contributed by atoms with Gasteiger partial charge in [-0.25, -0.2) is 0 Å². The van der Waals surface area contributed by atoms with Crippen molar-refractivity contribution in [1.29, 1.82) is 0 Å². The van der Waals surface area contributed by atoms with Crippen molar-refractivity contribution in [2.24, 2.45) is 0 Å². The normalized spacial score (nSPS) is 7.54. The van der Waals surface area contributed by atoms with Crippen LogP contribution >= 0.6 is 11.8 Å². The fraction of sp³-hybridized carbons (Fsp3) is 0.750. The zero-order chi connectivity index (χ0) is 8.69. The fourth-order valence-corrected chi connectivity index (χ4v) is 0.657. The van der Waals surface area contributed by atoms with E-state index in [1.165, 1.54) is 18.7 Å². The topological polar surface area (TPSA) is 52.6 Å². The zero-order valence-corrected chi connectivity index (χ0v) is 7.27. The van der Waals surface area contributed by atoms with E-state index in [4.69, 9.17) is 0 Å². The van der Waals surface area contributed by atoms with Crippen molar-refractivity contribution >= 4 is 23.7 Å². The average Bonchev–Trinajstić information content (AvgIpc) is 1.87. The Balaban J connectivity index is -0.000000500. The van der Waals surface area contributed by atoms with Gasteiger partial charge in [0.15, 0.2) is 0 Å². The van der Waals surface area contributed by atoms with Crippen LogP contribution in [0.2, 0.25) is 0 Å². The molecule has 0 aliphatic rings. The predicted molar refractivity (Wildman–Crippen MR) is 54.6 cm³/mol. The van der Waals surface area contributed by atoms with Gasteiger partial charge in [-0.05, 0) is 6.26 Å². The van der Waals surface area contributed by atoms with E-state index in [1.54, 1.807) is 6.26 Å². The second-order valence-electron chi connectivity index (χ2n) is 1.70. The van der Waals surface area contributed by atoms with Crippen molar-refractivity contribution in [3.63, 3.8) is 0 Å². The van der Waals surface area contributed by atoms with E-state index in [-0.39, 0.29) is 33.4 Å². The van der Waals surface area contributed by atoms with Gasteiger partial charge in [0.25, 0.3) is 0 Å². The van der Waals surface area contributed by atoms with Gasteiger partial charge in [-0.2, -0.15) is 11.8 Å². The Bertz CT molecular complexity index is 147. The first-order valence-electron chi connectivity index (χ1n) is 2.94. The van der Waals surface area contributed by atoms with Crippen molar-refractivity contribution < 1.29 is 19.1 Å². The van der Waals surface area contributed by atoms with Crippen LogP contribution in [0.4, 0.5) is 0 Å². The first kappa shape index (κ1) is 18.2. The smallest absolute Gasteiger partial charge is 0.318 e. The van der Waals surface area contributed by atoms with Gasteiger partial charge in [0, 0.05) is 6.92 Å². The Hall–Kier alpha value is -0.710. The number of esters is 2. The fourth-order valence-electron chi connectivity index (χ4n) is 0.338. The third kappa shape index (κ3) is 14.2. The van der Waals surface area contributed by atoms with Crippen molar-refractivity contribution in [3.05, 3.63) is 0 Å². The molecule has 0 aliphatic heterocycles. The first-order chi connectivity index (χ1) is 5.16. The molecule has 0 fully saturated rings. The van der Waals surface area contributed by atoms with Gasteiger partial charge in [-0.3, -0.25) is 9.59 Å². The van der Waals surface area contributed by atoms with Gasteiger partial charge in [-0.1, -0.05) is 14.9 Å². The molecule has 4 nitrogen and oxygen atoms in total. The van der Waals surface area contributed by atoms with Gasteiger partial charge in [0.05, 0.1) is 5.75 Å². The summed E-state index contributed by atoms with van der Waals surface area (Å²) >= 11 is 1.35. The summed E-state index contributed by atoms with van der Waals surface area (Å²) in [5, 5.41) is 0. The summed E-state index contributed by atoms with van der Waals surface area (Å²) in [6.45, 7) is 0.969. The Kier molecular flexibility index (Phi) is 15.8. The maximum atomic E-state index is 10.6. The molecule has 0 heterocycles. The molecule has 0 saturated heterocycles. The summed E-state index contributed by atoms with van der Waals surface area (Å²) in [6, 6.07) is 0. The van der Waals surface area contributed by atoms with Crippen LogP contribution in [0.25, 0.3) is 0 Å². The molecule has 0 atom stereocenters. The summed E-state index contributed by atoms with van der Waals surface area (Å²) in [5.41, 5.74) is 0. The molecule has 0 aromatic rings. The number of hydrogen-bond acceptors (Lipinski definition) is 5. The van der Waals surface area contributed by atoms with E-state index < -0.39 is 5.97 Å². The highest BCUT2D eigenvalue weighted by molar-refractivity contribution is 7.99. The van der Waals surface area contributed by atoms with E-state index in [9.17, 15) is 9.59 Å². The minimum Gasteiger partial charge on any atom is -0.428 e. The number of carbonyl (C=O) groups excluding carboxylic acids is 2. The SMILES string of the molecule is C.C.CSCC(=O)OCOC(C)=O. The lowest BCUT2D eigenvalue weighted by atomic mass is 10.8. The Morgan fingerprint density at radius 2 is 1.77 bits per heavy atom. The minimum absolute atomic E-state index is 0. The lowest BCUT2D eigenvalue weighted by molar-refractivity contribution is -0.163. The van der Waals surface area contributed by atoms with Crippen molar-refractivity contribution in [2.45, 2.75) is 21.8 Å². The molecule has 0 aromatic heterocycles. The lowest BCUT2D eigenvalue weighted by Crippen LogP contribution is -2.12. The standard InChI is InChI=1S/C6H10O4S.2CH4/c1-5(7)9-4-10-6(8)3-11-2;;/h3-4H2,1-2H3;2*1H4. The second-order valence-corrected chi connectivity index (χ2v) is 2.57. The summed E-state index contributed by atoms with van der Waals surface area (Å²) in [4.78, 5) is 20.8.